The van der Waals surface area contributed by atoms with E-state index in [4.69, 9.17) is 11.6 Å². The Hall–Kier alpha value is -0.100. The first kappa shape index (κ1) is 13.3. The molecule has 0 aliphatic heterocycles. The Bertz CT molecular complexity index is 462. The molecule has 1 N–H and O–H groups in total. The van der Waals surface area contributed by atoms with Gasteiger partial charge in [-0.1, -0.05) is 37.3 Å². The highest BCUT2D eigenvalue weighted by Gasteiger charge is 2.22. The molecule has 0 amide bonds. The number of hydrogen-bond donors (Lipinski definition) is 1. The van der Waals surface area contributed by atoms with Crippen LogP contribution >= 0.6 is 22.9 Å². The third-order valence-electron chi connectivity index (χ3n) is 2.99. The first-order valence-corrected chi connectivity index (χ1v) is 8.53. The summed E-state index contributed by atoms with van der Waals surface area (Å²) in [6.07, 6.45) is 6.53. The third kappa shape index (κ3) is 3.68. The summed E-state index contributed by atoms with van der Waals surface area (Å²) in [7, 11) is -3.37. The Labute approximate surface area is 111 Å². The molecule has 1 aromatic rings. The molecule has 0 unspecified atom stereocenters. The van der Waals surface area contributed by atoms with Gasteiger partial charge in [0.25, 0.3) is 0 Å². The Morgan fingerprint density at radius 1 is 1.18 bits per heavy atom. The summed E-state index contributed by atoms with van der Waals surface area (Å²) in [4.78, 5) is 0. The van der Waals surface area contributed by atoms with E-state index in [0.717, 1.165) is 37.0 Å². The summed E-state index contributed by atoms with van der Waals surface area (Å²) in [5, 5.41) is 0. The molecule has 0 bridgehead atoms. The zero-order valence-electron chi connectivity index (χ0n) is 9.49. The van der Waals surface area contributed by atoms with E-state index in [0.29, 0.717) is 8.55 Å². The molecule has 2 rings (SSSR count). The maximum absolute atomic E-state index is 12.1. The maximum atomic E-state index is 12.1. The van der Waals surface area contributed by atoms with E-state index >= 15 is 0 Å². The van der Waals surface area contributed by atoms with Gasteiger partial charge in [0, 0.05) is 6.04 Å². The van der Waals surface area contributed by atoms with Gasteiger partial charge in [-0.3, -0.25) is 0 Å². The Kier molecular flexibility index (Phi) is 4.47. The van der Waals surface area contributed by atoms with Gasteiger partial charge in [0.05, 0.1) is 4.34 Å². The molecule has 6 heteroatoms. The number of hydrogen-bond acceptors (Lipinski definition) is 3. The summed E-state index contributed by atoms with van der Waals surface area (Å²) in [6, 6.07) is 3.27. The number of halogens is 1. The molecule has 1 fully saturated rings. The fourth-order valence-corrected chi connectivity index (χ4v) is 4.92. The van der Waals surface area contributed by atoms with Crippen molar-refractivity contribution in [2.75, 3.05) is 0 Å². The molecule has 1 aromatic heterocycles. The fraction of sp³-hybridized carbons (Fsp3) is 0.636. The minimum Gasteiger partial charge on any atom is -0.207 e. The highest BCUT2D eigenvalue weighted by molar-refractivity contribution is 7.91. The molecule has 1 aliphatic carbocycles. The van der Waals surface area contributed by atoms with E-state index in [1.54, 1.807) is 12.1 Å². The van der Waals surface area contributed by atoms with Crippen LogP contribution in [0.15, 0.2) is 16.3 Å². The monoisotopic (exact) mass is 293 g/mol. The first-order chi connectivity index (χ1) is 8.08. The lowest BCUT2D eigenvalue weighted by Crippen LogP contribution is -2.33. The molecular formula is C11H16ClNO2S2. The van der Waals surface area contributed by atoms with E-state index in [1.807, 2.05) is 0 Å². The van der Waals surface area contributed by atoms with Crippen molar-refractivity contribution in [3.63, 3.8) is 0 Å². The molecule has 0 saturated heterocycles. The van der Waals surface area contributed by atoms with Crippen molar-refractivity contribution in [2.24, 2.45) is 0 Å². The van der Waals surface area contributed by atoms with E-state index in [2.05, 4.69) is 4.72 Å². The van der Waals surface area contributed by atoms with Crippen molar-refractivity contribution in [1.82, 2.24) is 4.72 Å². The topological polar surface area (TPSA) is 46.2 Å². The van der Waals surface area contributed by atoms with Gasteiger partial charge in [0.2, 0.25) is 10.0 Å². The first-order valence-electron chi connectivity index (χ1n) is 5.85. The molecule has 1 aliphatic rings. The van der Waals surface area contributed by atoms with Gasteiger partial charge in [-0.25, -0.2) is 13.1 Å². The second-order valence-corrected chi connectivity index (χ2v) is 8.02. The highest BCUT2D eigenvalue weighted by atomic mass is 35.5. The lowest BCUT2D eigenvalue weighted by atomic mass is 10.1. The van der Waals surface area contributed by atoms with Gasteiger partial charge in [0.15, 0.2) is 0 Å². The van der Waals surface area contributed by atoms with Crippen LogP contribution in [0.2, 0.25) is 4.34 Å². The molecule has 0 radical (unpaired) electrons. The molecule has 17 heavy (non-hydrogen) atoms. The van der Waals surface area contributed by atoms with Gasteiger partial charge >= 0.3 is 0 Å². The van der Waals surface area contributed by atoms with Crippen LogP contribution in [0, 0.1) is 0 Å². The smallest absolute Gasteiger partial charge is 0.207 e. The lowest BCUT2D eigenvalue weighted by Gasteiger charge is -2.15. The predicted molar refractivity (Wildman–Crippen MR) is 71.1 cm³/mol. The van der Waals surface area contributed by atoms with Crippen LogP contribution in [0.5, 0.6) is 0 Å². The van der Waals surface area contributed by atoms with Gasteiger partial charge in [-0.05, 0) is 25.0 Å². The highest BCUT2D eigenvalue weighted by Crippen LogP contribution is 2.26. The van der Waals surface area contributed by atoms with Crippen LogP contribution < -0.4 is 4.72 Å². The van der Waals surface area contributed by atoms with Crippen LogP contribution in [-0.2, 0) is 10.0 Å². The van der Waals surface area contributed by atoms with E-state index in [1.165, 1.54) is 12.8 Å². The molecule has 96 valence electrons. The van der Waals surface area contributed by atoms with Crippen molar-refractivity contribution in [3.05, 3.63) is 16.5 Å². The number of rotatable bonds is 3. The Balaban J connectivity index is 2.06. The summed E-state index contributed by atoms with van der Waals surface area (Å²) in [5.41, 5.74) is 0. The van der Waals surface area contributed by atoms with Gasteiger partial charge in [0.1, 0.15) is 4.21 Å². The normalized spacial score (nSPS) is 19.1. The Morgan fingerprint density at radius 3 is 2.35 bits per heavy atom. The molecule has 0 spiro atoms. The minimum atomic E-state index is -3.37. The second kappa shape index (κ2) is 5.69. The molecule has 1 heterocycles. The van der Waals surface area contributed by atoms with Crippen molar-refractivity contribution in [3.8, 4) is 0 Å². The number of sulfonamides is 1. The average Bonchev–Trinajstić information content (AvgIpc) is 2.55. The van der Waals surface area contributed by atoms with Gasteiger partial charge < -0.3 is 0 Å². The summed E-state index contributed by atoms with van der Waals surface area (Å²) >= 11 is 6.87. The molecular weight excluding hydrogens is 278 g/mol. The molecule has 0 aromatic carbocycles. The van der Waals surface area contributed by atoms with Crippen molar-refractivity contribution in [2.45, 2.75) is 48.8 Å². The molecule has 0 atom stereocenters. The van der Waals surface area contributed by atoms with Crippen molar-refractivity contribution in [1.29, 1.82) is 0 Å². The maximum Gasteiger partial charge on any atom is 0.250 e. The van der Waals surface area contributed by atoms with Crippen molar-refractivity contribution >= 4 is 33.0 Å². The third-order valence-corrected chi connectivity index (χ3v) is 6.23. The van der Waals surface area contributed by atoms with E-state index < -0.39 is 10.0 Å². The van der Waals surface area contributed by atoms with Crippen LogP contribution in [0.1, 0.15) is 38.5 Å². The fourth-order valence-electron chi connectivity index (χ4n) is 2.12. The summed E-state index contributed by atoms with van der Waals surface area (Å²) in [6.45, 7) is 0. The standard InChI is InChI=1S/C11H16ClNO2S2/c12-10-7-8-11(16-10)17(14,15)13-9-5-3-1-2-4-6-9/h7-9,13H,1-6H2. The van der Waals surface area contributed by atoms with Crippen LogP contribution in [-0.4, -0.2) is 14.5 Å². The molecule has 3 nitrogen and oxygen atoms in total. The zero-order valence-corrected chi connectivity index (χ0v) is 11.9. The summed E-state index contributed by atoms with van der Waals surface area (Å²) in [5.74, 6) is 0. The quantitative estimate of drug-likeness (QED) is 0.868. The zero-order chi connectivity index (χ0) is 12.3. The lowest BCUT2D eigenvalue weighted by molar-refractivity contribution is 0.511. The van der Waals surface area contributed by atoms with Crippen molar-refractivity contribution < 1.29 is 8.42 Å². The van der Waals surface area contributed by atoms with Crippen LogP contribution in [0.4, 0.5) is 0 Å². The second-order valence-electron chi connectivity index (χ2n) is 4.37. The SMILES string of the molecule is O=S(=O)(NC1CCCCCC1)c1ccc(Cl)s1. The number of nitrogens with one attached hydrogen (secondary N) is 1. The van der Waals surface area contributed by atoms with Gasteiger partial charge in [-0.2, -0.15) is 0 Å². The number of thiophene rings is 1. The van der Waals surface area contributed by atoms with E-state index in [9.17, 15) is 8.42 Å². The van der Waals surface area contributed by atoms with E-state index in [-0.39, 0.29) is 6.04 Å². The van der Waals surface area contributed by atoms with Crippen LogP contribution in [0.25, 0.3) is 0 Å². The van der Waals surface area contributed by atoms with Gasteiger partial charge in [-0.15, -0.1) is 11.3 Å². The summed E-state index contributed by atoms with van der Waals surface area (Å²) < 4.78 is 27.7. The molecule has 1 saturated carbocycles. The largest absolute Gasteiger partial charge is 0.250 e. The predicted octanol–water partition coefficient (Wildman–Crippen LogP) is 3.40. The van der Waals surface area contributed by atoms with Crippen LogP contribution in [0.3, 0.4) is 0 Å². The minimum absolute atomic E-state index is 0.0865. The average molecular weight is 294 g/mol. The Morgan fingerprint density at radius 2 is 1.82 bits per heavy atom.